The van der Waals surface area contributed by atoms with Crippen LogP contribution in [0.1, 0.15) is 23.6 Å². The summed E-state index contributed by atoms with van der Waals surface area (Å²) in [5.74, 6) is 0.675. The number of likely N-dealkylation sites (N-methyl/N-ethyl adjacent to an activating group) is 1. The summed E-state index contributed by atoms with van der Waals surface area (Å²) in [6.07, 6.45) is 0.410. The molecule has 1 unspecified atom stereocenters. The maximum absolute atomic E-state index is 13.5. The molecule has 0 aliphatic carbocycles. The molecule has 0 heterocycles. The van der Waals surface area contributed by atoms with E-state index in [9.17, 15) is 9.59 Å². The lowest BCUT2D eigenvalue weighted by Crippen LogP contribution is -2.51. The number of nitrogens with zero attached hydrogens (tertiary/aromatic N) is 1. The van der Waals surface area contributed by atoms with Crippen molar-refractivity contribution >= 4 is 46.8 Å². The summed E-state index contributed by atoms with van der Waals surface area (Å²) >= 11 is 14.0. The summed E-state index contributed by atoms with van der Waals surface area (Å²) in [7, 11) is 0. The summed E-state index contributed by atoms with van der Waals surface area (Å²) in [4.78, 5) is 28.3. The molecule has 0 bridgehead atoms. The Kier molecular flexibility index (Phi) is 10.3. The van der Waals surface area contributed by atoms with E-state index in [0.29, 0.717) is 28.8 Å². The molecule has 0 radical (unpaired) electrons. The molecule has 0 fully saturated rings. The Morgan fingerprint density at radius 2 is 1.59 bits per heavy atom. The van der Waals surface area contributed by atoms with Crippen molar-refractivity contribution in [2.45, 2.75) is 31.7 Å². The molecule has 3 rings (SSSR count). The third-order valence-corrected chi connectivity index (χ3v) is 6.89. The fourth-order valence-electron chi connectivity index (χ4n) is 3.59. The van der Waals surface area contributed by atoms with Crippen molar-refractivity contribution in [3.63, 3.8) is 0 Å². The number of carbonyl (C=O) groups excluding carboxylic acids is 2. The van der Waals surface area contributed by atoms with Crippen LogP contribution < -0.4 is 5.32 Å². The number of carbonyl (C=O) groups is 2. The molecule has 7 heteroatoms. The van der Waals surface area contributed by atoms with E-state index in [1.165, 1.54) is 11.8 Å². The maximum Gasteiger partial charge on any atom is 0.243 e. The van der Waals surface area contributed by atoms with Crippen LogP contribution in [-0.4, -0.2) is 35.1 Å². The first kappa shape index (κ1) is 26.1. The van der Waals surface area contributed by atoms with Crippen LogP contribution in [0.4, 0.5) is 0 Å². The van der Waals surface area contributed by atoms with Crippen LogP contribution >= 0.6 is 35.0 Å². The fourth-order valence-corrected chi connectivity index (χ4v) is 4.93. The van der Waals surface area contributed by atoms with Crippen LogP contribution in [-0.2, 0) is 28.3 Å². The highest BCUT2D eigenvalue weighted by Crippen LogP contribution is 2.25. The highest BCUT2D eigenvalue weighted by molar-refractivity contribution is 7.99. The van der Waals surface area contributed by atoms with Crippen molar-refractivity contribution in [1.29, 1.82) is 0 Å². The van der Waals surface area contributed by atoms with Gasteiger partial charge in [-0.15, -0.1) is 11.8 Å². The van der Waals surface area contributed by atoms with E-state index < -0.39 is 6.04 Å². The third-order valence-electron chi connectivity index (χ3n) is 5.31. The summed E-state index contributed by atoms with van der Waals surface area (Å²) < 4.78 is 0. The van der Waals surface area contributed by atoms with Gasteiger partial charge in [-0.05, 0) is 35.7 Å². The first-order valence-corrected chi connectivity index (χ1v) is 13.1. The molecule has 3 aromatic carbocycles. The van der Waals surface area contributed by atoms with Crippen LogP contribution in [0.3, 0.4) is 0 Å². The minimum Gasteiger partial charge on any atom is -0.355 e. The Morgan fingerprint density at radius 1 is 0.941 bits per heavy atom. The standard InChI is InChI=1S/C27H28Cl2N2O2S/c1-2-30-27(33)25(15-20-9-5-3-6-10-20)31(17-22-13-14-23(28)16-24(22)29)26(32)19-34-18-21-11-7-4-8-12-21/h3-14,16,25H,2,15,17-19H2,1H3,(H,30,33). The molecule has 0 aliphatic heterocycles. The van der Waals surface area contributed by atoms with Gasteiger partial charge in [0.2, 0.25) is 11.8 Å². The summed E-state index contributed by atoms with van der Waals surface area (Å²) in [5, 5.41) is 3.89. The summed E-state index contributed by atoms with van der Waals surface area (Å²) in [6, 6.07) is 24.3. The van der Waals surface area contributed by atoms with E-state index in [1.807, 2.05) is 67.6 Å². The highest BCUT2D eigenvalue weighted by Gasteiger charge is 2.30. The van der Waals surface area contributed by atoms with Gasteiger partial charge < -0.3 is 10.2 Å². The topological polar surface area (TPSA) is 49.4 Å². The second-order valence-corrected chi connectivity index (χ2v) is 9.67. The van der Waals surface area contributed by atoms with Crippen molar-refractivity contribution in [3.05, 3.63) is 106 Å². The van der Waals surface area contributed by atoms with Crippen LogP contribution in [0.15, 0.2) is 78.9 Å². The summed E-state index contributed by atoms with van der Waals surface area (Å²) in [5.41, 5.74) is 2.88. The van der Waals surface area contributed by atoms with Crippen molar-refractivity contribution in [2.75, 3.05) is 12.3 Å². The van der Waals surface area contributed by atoms with Gasteiger partial charge in [-0.25, -0.2) is 0 Å². The highest BCUT2D eigenvalue weighted by atomic mass is 35.5. The van der Waals surface area contributed by atoms with E-state index in [0.717, 1.165) is 16.7 Å². The van der Waals surface area contributed by atoms with Gasteiger partial charge in [-0.2, -0.15) is 0 Å². The van der Waals surface area contributed by atoms with E-state index in [2.05, 4.69) is 5.32 Å². The molecule has 0 saturated heterocycles. The lowest BCUT2D eigenvalue weighted by Gasteiger charge is -2.31. The SMILES string of the molecule is CCNC(=O)C(Cc1ccccc1)N(Cc1ccc(Cl)cc1Cl)C(=O)CSCc1ccccc1. The van der Waals surface area contributed by atoms with Crippen LogP contribution in [0.5, 0.6) is 0 Å². The summed E-state index contributed by atoms with van der Waals surface area (Å²) in [6.45, 7) is 2.57. The van der Waals surface area contributed by atoms with Crippen molar-refractivity contribution < 1.29 is 9.59 Å². The Hall–Kier alpha value is -2.47. The van der Waals surface area contributed by atoms with Gasteiger partial charge in [0.25, 0.3) is 0 Å². The number of thioether (sulfide) groups is 1. The third kappa shape index (κ3) is 7.79. The molecule has 0 aromatic heterocycles. The molecule has 0 spiro atoms. The Balaban J connectivity index is 1.86. The Bertz CT molecular complexity index is 1080. The molecule has 178 valence electrons. The average molecular weight is 516 g/mol. The Labute approximate surface area is 215 Å². The number of hydrogen-bond donors (Lipinski definition) is 1. The zero-order chi connectivity index (χ0) is 24.3. The molecule has 1 N–H and O–H groups in total. The number of nitrogens with one attached hydrogen (secondary N) is 1. The van der Waals surface area contributed by atoms with Gasteiger partial charge in [0, 0.05) is 35.3 Å². The van der Waals surface area contributed by atoms with Crippen molar-refractivity contribution in [2.24, 2.45) is 0 Å². The quantitative estimate of drug-likeness (QED) is 0.341. The molecular weight excluding hydrogens is 487 g/mol. The largest absolute Gasteiger partial charge is 0.355 e. The predicted molar refractivity (Wildman–Crippen MR) is 142 cm³/mol. The van der Waals surface area contributed by atoms with Gasteiger partial charge >= 0.3 is 0 Å². The van der Waals surface area contributed by atoms with Gasteiger partial charge in [-0.3, -0.25) is 9.59 Å². The smallest absolute Gasteiger partial charge is 0.243 e. The molecule has 1 atom stereocenters. The lowest BCUT2D eigenvalue weighted by molar-refractivity contribution is -0.139. The molecule has 0 saturated carbocycles. The number of amides is 2. The van der Waals surface area contributed by atoms with Gasteiger partial charge in [-0.1, -0.05) is 89.9 Å². The molecule has 3 aromatic rings. The average Bonchev–Trinajstić information content (AvgIpc) is 2.84. The fraction of sp³-hybridized carbons (Fsp3) is 0.259. The van der Waals surface area contributed by atoms with Crippen molar-refractivity contribution in [3.8, 4) is 0 Å². The lowest BCUT2D eigenvalue weighted by atomic mass is 10.0. The zero-order valence-electron chi connectivity index (χ0n) is 19.0. The number of rotatable bonds is 11. The van der Waals surface area contributed by atoms with E-state index in [4.69, 9.17) is 23.2 Å². The van der Waals surface area contributed by atoms with E-state index in [1.54, 1.807) is 23.1 Å². The van der Waals surface area contributed by atoms with Gasteiger partial charge in [0.15, 0.2) is 0 Å². The van der Waals surface area contributed by atoms with Crippen LogP contribution in [0.25, 0.3) is 0 Å². The predicted octanol–water partition coefficient (Wildman–Crippen LogP) is 6.00. The van der Waals surface area contributed by atoms with Crippen molar-refractivity contribution in [1.82, 2.24) is 10.2 Å². The first-order chi connectivity index (χ1) is 16.5. The molecular formula is C27H28Cl2N2O2S. The van der Waals surface area contributed by atoms with Crippen LogP contribution in [0, 0.1) is 0 Å². The van der Waals surface area contributed by atoms with E-state index in [-0.39, 0.29) is 24.1 Å². The number of benzene rings is 3. The normalized spacial score (nSPS) is 11.6. The molecule has 0 aliphatic rings. The number of halogens is 2. The monoisotopic (exact) mass is 514 g/mol. The molecule has 4 nitrogen and oxygen atoms in total. The van der Waals surface area contributed by atoms with Gasteiger partial charge in [0.05, 0.1) is 5.75 Å². The molecule has 2 amide bonds. The number of hydrogen-bond acceptors (Lipinski definition) is 3. The zero-order valence-corrected chi connectivity index (χ0v) is 21.4. The minimum atomic E-state index is -0.668. The second kappa shape index (κ2) is 13.4. The Morgan fingerprint density at radius 3 is 2.21 bits per heavy atom. The second-order valence-electron chi connectivity index (χ2n) is 7.84. The minimum absolute atomic E-state index is 0.112. The van der Waals surface area contributed by atoms with Crippen LogP contribution in [0.2, 0.25) is 10.0 Å². The molecule has 34 heavy (non-hydrogen) atoms. The maximum atomic E-state index is 13.5. The van der Waals surface area contributed by atoms with Gasteiger partial charge in [0.1, 0.15) is 6.04 Å². The van der Waals surface area contributed by atoms with E-state index >= 15 is 0 Å². The first-order valence-electron chi connectivity index (χ1n) is 11.1.